The highest BCUT2D eigenvalue weighted by Gasteiger charge is 2.31. The van der Waals surface area contributed by atoms with Crippen LogP contribution in [-0.2, 0) is 14.8 Å². The normalized spacial score (nSPS) is 17.9. The molecule has 0 radical (unpaired) electrons. The number of nitrogens with zero attached hydrogens (tertiary/aromatic N) is 2. The largest absolute Gasteiger partial charge is 0.340 e. The summed E-state index contributed by atoms with van der Waals surface area (Å²) >= 11 is 6.83. The Labute approximate surface area is 145 Å². The van der Waals surface area contributed by atoms with Crippen molar-refractivity contribution < 1.29 is 13.2 Å². The molecule has 1 amide bonds. The van der Waals surface area contributed by atoms with Gasteiger partial charge >= 0.3 is 0 Å². The molecule has 1 aromatic rings. The van der Waals surface area contributed by atoms with Crippen LogP contribution in [0, 0.1) is 5.92 Å². The van der Waals surface area contributed by atoms with Crippen LogP contribution in [-0.4, -0.2) is 56.3 Å². The third kappa shape index (κ3) is 4.12. The van der Waals surface area contributed by atoms with Crippen molar-refractivity contribution in [1.82, 2.24) is 9.21 Å². The molecule has 2 N–H and O–H groups in total. The maximum absolute atomic E-state index is 12.4. The molecule has 1 aliphatic rings. The van der Waals surface area contributed by atoms with Crippen molar-refractivity contribution in [3.63, 3.8) is 0 Å². The molecule has 126 valence electrons. The van der Waals surface area contributed by atoms with E-state index in [1.807, 2.05) is 0 Å². The van der Waals surface area contributed by atoms with Gasteiger partial charge in [-0.2, -0.15) is 4.31 Å². The summed E-state index contributed by atoms with van der Waals surface area (Å²) in [5.41, 5.74) is 5.49. The summed E-state index contributed by atoms with van der Waals surface area (Å²) in [4.78, 5) is 13.7. The summed E-state index contributed by atoms with van der Waals surface area (Å²) in [5, 5.41) is 0. The molecule has 1 atom stereocenters. The van der Waals surface area contributed by atoms with Gasteiger partial charge < -0.3 is 10.6 Å². The van der Waals surface area contributed by atoms with E-state index in [0.29, 0.717) is 37.1 Å². The fourth-order valence-electron chi connectivity index (χ4n) is 2.12. The second-order valence-corrected chi connectivity index (χ2v) is 8.80. The highest BCUT2D eigenvalue weighted by molar-refractivity contribution is 7.91. The lowest BCUT2D eigenvalue weighted by Crippen LogP contribution is -2.52. The van der Waals surface area contributed by atoms with Crippen LogP contribution < -0.4 is 5.73 Å². The van der Waals surface area contributed by atoms with Crippen molar-refractivity contribution >= 4 is 51.3 Å². The Morgan fingerprint density at radius 1 is 1.36 bits per heavy atom. The van der Waals surface area contributed by atoms with Crippen molar-refractivity contribution in [2.75, 3.05) is 32.7 Å². The van der Waals surface area contributed by atoms with Gasteiger partial charge in [0.2, 0.25) is 5.91 Å². The maximum atomic E-state index is 12.4. The molecule has 1 aliphatic heterocycles. The summed E-state index contributed by atoms with van der Waals surface area (Å²) < 4.78 is 26.9. The molecule has 0 spiro atoms. The van der Waals surface area contributed by atoms with Crippen molar-refractivity contribution in [3.05, 3.63) is 16.5 Å². The maximum Gasteiger partial charge on any atom is 0.252 e. The minimum Gasteiger partial charge on any atom is -0.340 e. The van der Waals surface area contributed by atoms with Crippen LogP contribution in [0.5, 0.6) is 0 Å². The van der Waals surface area contributed by atoms with Gasteiger partial charge in [0.1, 0.15) is 4.21 Å². The summed E-state index contributed by atoms with van der Waals surface area (Å²) in [6, 6.07) is 3.08. The standard InChI is InChI=1S/C12H18ClN3O3S2.ClH/c1-9(8-14)12(17)15-4-6-16(7-5-15)21(18,19)11-3-2-10(13)20-11;/h2-3,9H,4-8,14H2,1H3;1H. The van der Waals surface area contributed by atoms with Gasteiger partial charge in [0.05, 0.1) is 4.34 Å². The first-order chi connectivity index (χ1) is 9.86. The smallest absolute Gasteiger partial charge is 0.252 e. The molecule has 0 saturated carbocycles. The predicted octanol–water partition coefficient (Wildman–Crippen LogP) is 1.25. The first-order valence-corrected chi connectivity index (χ1v) is 9.24. The topological polar surface area (TPSA) is 83.7 Å². The van der Waals surface area contributed by atoms with Crippen molar-refractivity contribution in [1.29, 1.82) is 0 Å². The molecule has 6 nitrogen and oxygen atoms in total. The van der Waals surface area contributed by atoms with E-state index in [1.165, 1.54) is 10.4 Å². The zero-order valence-corrected chi connectivity index (χ0v) is 15.3. The van der Waals surface area contributed by atoms with Crippen molar-refractivity contribution in [3.8, 4) is 0 Å². The molecule has 22 heavy (non-hydrogen) atoms. The Balaban J connectivity index is 0.00000242. The van der Waals surface area contributed by atoms with Gasteiger partial charge in [-0.1, -0.05) is 18.5 Å². The Morgan fingerprint density at radius 3 is 2.41 bits per heavy atom. The van der Waals surface area contributed by atoms with E-state index in [4.69, 9.17) is 17.3 Å². The molecule has 1 fully saturated rings. The number of nitrogens with two attached hydrogens (primary N) is 1. The van der Waals surface area contributed by atoms with Gasteiger partial charge in [-0.25, -0.2) is 8.42 Å². The molecule has 0 bridgehead atoms. The van der Waals surface area contributed by atoms with Crippen molar-refractivity contribution in [2.45, 2.75) is 11.1 Å². The molecule has 1 aromatic heterocycles. The van der Waals surface area contributed by atoms with Crippen LogP contribution in [0.25, 0.3) is 0 Å². The molecular formula is C12H19Cl2N3O3S2. The number of sulfonamides is 1. The van der Waals surface area contributed by atoms with Gasteiger partial charge in [0.15, 0.2) is 0 Å². The van der Waals surface area contributed by atoms with Crippen molar-refractivity contribution in [2.24, 2.45) is 11.7 Å². The third-order valence-electron chi connectivity index (χ3n) is 3.47. The van der Waals surface area contributed by atoms with Crippen LogP contribution >= 0.6 is 35.3 Å². The molecule has 2 heterocycles. The van der Waals surface area contributed by atoms with E-state index in [1.54, 1.807) is 17.9 Å². The first-order valence-electron chi connectivity index (χ1n) is 6.60. The number of carbonyl (C=O) groups is 1. The number of thiophene rings is 1. The van der Waals surface area contributed by atoms with Crippen LogP contribution in [0.3, 0.4) is 0 Å². The van der Waals surface area contributed by atoms with Crippen LogP contribution in [0.4, 0.5) is 0 Å². The number of hydrogen-bond donors (Lipinski definition) is 1. The number of carbonyl (C=O) groups excluding carboxylic acids is 1. The number of halogens is 2. The van der Waals surface area contributed by atoms with E-state index in [-0.39, 0.29) is 28.4 Å². The SMILES string of the molecule is CC(CN)C(=O)N1CCN(S(=O)(=O)c2ccc(Cl)s2)CC1.Cl. The highest BCUT2D eigenvalue weighted by atomic mass is 35.5. The Morgan fingerprint density at radius 2 is 1.95 bits per heavy atom. The zero-order chi connectivity index (χ0) is 15.6. The molecule has 0 aliphatic carbocycles. The predicted molar refractivity (Wildman–Crippen MR) is 90.1 cm³/mol. The molecule has 1 unspecified atom stereocenters. The van der Waals surface area contributed by atoms with Crippen LogP contribution in [0.15, 0.2) is 16.3 Å². The zero-order valence-electron chi connectivity index (χ0n) is 12.1. The molecule has 2 rings (SSSR count). The average Bonchev–Trinajstić information content (AvgIpc) is 2.93. The summed E-state index contributed by atoms with van der Waals surface area (Å²) in [6.45, 7) is 3.44. The summed E-state index contributed by atoms with van der Waals surface area (Å²) in [6.07, 6.45) is 0. The number of piperazine rings is 1. The third-order valence-corrected chi connectivity index (χ3v) is 7.07. The monoisotopic (exact) mass is 387 g/mol. The molecule has 0 aromatic carbocycles. The van der Waals surface area contributed by atoms with Crippen LogP contribution in [0.1, 0.15) is 6.92 Å². The lowest BCUT2D eigenvalue weighted by Gasteiger charge is -2.34. The van der Waals surface area contributed by atoms with Gasteiger partial charge in [-0.15, -0.1) is 23.7 Å². The average molecular weight is 388 g/mol. The molecule has 10 heteroatoms. The fraction of sp³-hybridized carbons (Fsp3) is 0.583. The minimum atomic E-state index is -3.51. The van der Waals surface area contributed by atoms with E-state index >= 15 is 0 Å². The second kappa shape index (κ2) is 7.94. The quantitative estimate of drug-likeness (QED) is 0.842. The van der Waals surface area contributed by atoms with Gasteiger partial charge in [0.25, 0.3) is 10.0 Å². The minimum absolute atomic E-state index is 0. The highest BCUT2D eigenvalue weighted by Crippen LogP contribution is 2.28. The number of rotatable bonds is 4. The van der Waals surface area contributed by atoms with E-state index < -0.39 is 10.0 Å². The summed E-state index contributed by atoms with van der Waals surface area (Å²) in [5.74, 6) is -0.252. The fourth-order valence-corrected chi connectivity index (χ4v) is 5.18. The summed E-state index contributed by atoms with van der Waals surface area (Å²) in [7, 11) is -3.51. The van der Waals surface area contributed by atoms with E-state index in [2.05, 4.69) is 0 Å². The molecule has 1 saturated heterocycles. The number of amides is 1. The van der Waals surface area contributed by atoms with E-state index in [9.17, 15) is 13.2 Å². The van der Waals surface area contributed by atoms with Crippen LogP contribution in [0.2, 0.25) is 4.34 Å². The number of hydrogen-bond acceptors (Lipinski definition) is 5. The first kappa shape index (κ1) is 19.7. The Kier molecular flexibility index (Phi) is 7.10. The Hall–Kier alpha value is -0.380. The lowest BCUT2D eigenvalue weighted by molar-refractivity contribution is -0.135. The lowest BCUT2D eigenvalue weighted by atomic mass is 10.1. The van der Waals surface area contributed by atoms with Gasteiger partial charge in [-0.05, 0) is 12.1 Å². The van der Waals surface area contributed by atoms with Gasteiger partial charge in [0, 0.05) is 38.6 Å². The van der Waals surface area contributed by atoms with E-state index in [0.717, 1.165) is 11.3 Å². The Bertz CT molecular complexity index is 613. The molecular weight excluding hydrogens is 369 g/mol. The van der Waals surface area contributed by atoms with Gasteiger partial charge in [-0.3, -0.25) is 4.79 Å². The second-order valence-electron chi connectivity index (χ2n) is 4.92.